The first-order chi connectivity index (χ1) is 14.1. The lowest BCUT2D eigenvalue weighted by Crippen LogP contribution is -2.44. The highest BCUT2D eigenvalue weighted by Crippen LogP contribution is 2.45. The molecule has 0 heterocycles. The predicted molar refractivity (Wildman–Crippen MR) is 108 cm³/mol. The summed E-state index contributed by atoms with van der Waals surface area (Å²) in [6.07, 6.45) is 1.80. The number of rotatable bonds is 15. The van der Waals surface area contributed by atoms with Crippen molar-refractivity contribution in [1.82, 2.24) is 0 Å². The van der Waals surface area contributed by atoms with Gasteiger partial charge in [-0.05, 0) is 44.4 Å². The maximum atomic E-state index is 12.2. The fourth-order valence-electron chi connectivity index (χ4n) is 3.80. The summed E-state index contributed by atoms with van der Waals surface area (Å²) >= 11 is 0. The smallest absolute Gasteiger partial charge is 0.310 e. The Hall–Kier alpha value is -2.91. The van der Waals surface area contributed by atoms with Gasteiger partial charge < -0.3 is 25.5 Å². The van der Waals surface area contributed by atoms with E-state index in [1.54, 1.807) is 13.8 Å². The SMILES string of the molecule is CC(C)=CC(CC(C(=O)O)C(C(C[CH]C(=O)O)C(=O)O)C(C)(C)C[CH]C(=O)O)C(=O)O. The molecule has 2 radical (unpaired) electrons. The average molecular weight is 442 g/mol. The number of allylic oxidation sites excluding steroid dienone is 1. The fraction of sp³-hybridized carbons (Fsp3) is 0.571. The van der Waals surface area contributed by atoms with Gasteiger partial charge in [0.25, 0.3) is 0 Å². The third-order valence-electron chi connectivity index (χ3n) is 5.11. The zero-order valence-corrected chi connectivity index (χ0v) is 17.9. The lowest BCUT2D eigenvalue weighted by molar-refractivity contribution is -0.155. The van der Waals surface area contributed by atoms with Crippen molar-refractivity contribution in [3.8, 4) is 0 Å². The quantitative estimate of drug-likeness (QED) is 0.236. The van der Waals surface area contributed by atoms with Crippen molar-refractivity contribution in [1.29, 1.82) is 0 Å². The van der Waals surface area contributed by atoms with E-state index >= 15 is 0 Å². The normalized spacial score (nSPS) is 15.2. The second kappa shape index (κ2) is 12.1. The van der Waals surface area contributed by atoms with Crippen LogP contribution in [0.5, 0.6) is 0 Å². The molecule has 10 heteroatoms. The second-order valence-electron chi connectivity index (χ2n) is 8.35. The van der Waals surface area contributed by atoms with Gasteiger partial charge in [0.1, 0.15) is 0 Å². The first-order valence-corrected chi connectivity index (χ1v) is 9.55. The van der Waals surface area contributed by atoms with E-state index in [4.69, 9.17) is 10.2 Å². The molecule has 0 spiro atoms. The van der Waals surface area contributed by atoms with Gasteiger partial charge in [-0.2, -0.15) is 0 Å². The molecule has 10 nitrogen and oxygen atoms in total. The first kappa shape index (κ1) is 28.1. The van der Waals surface area contributed by atoms with Crippen molar-refractivity contribution in [3.05, 3.63) is 24.5 Å². The van der Waals surface area contributed by atoms with Gasteiger partial charge in [0.15, 0.2) is 0 Å². The van der Waals surface area contributed by atoms with Crippen LogP contribution in [0.3, 0.4) is 0 Å². The monoisotopic (exact) mass is 442 g/mol. The highest BCUT2D eigenvalue weighted by Gasteiger charge is 2.47. The van der Waals surface area contributed by atoms with Gasteiger partial charge in [-0.25, -0.2) is 0 Å². The number of hydrogen-bond donors (Lipinski definition) is 5. The number of carboxylic acid groups (broad SMARTS) is 5. The molecule has 174 valence electrons. The molecular weight excluding hydrogens is 412 g/mol. The van der Waals surface area contributed by atoms with Gasteiger partial charge in [0, 0.05) is 0 Å². The average Bonchev–Trinajstić information content (AvgIpc) is 2.59. The summed E-state index contributed by atoms with van der Waals surface area (Å²) in [7, 11) is 0. The number of carboxylic acids is 5. The Morgan fingerprint density at radius 2 is 1.26 bits per heavy atom. The van der Waals surface area contributed by atoms with Gasteiger partial charge in [0.05, 0.1) is 30.6 Å². The first-order valence-electron chi connectivity index (χ1n) is 9.55. The van der Waals surface area contributed by atoms with Crippen molar-refractivity contribution >= 4 is 29.8 Å². The van der Waals surface area contributed by atoms with E-state index in [9.17, 15) is 39.3 Å². The minimum atomic E-state index is -1.49. The van der Waals surface area contributed by atoms with Crippen LogP contribution in [0.25, 0.3) is 0 Å². The molecule has 0 fully saturated rings. The van der Waals surface area contributed by atoms with E-state index in [0.717, 1.165) is 6.42 Å². The number of hydrogen-bond acceptors (Lipinski definition) is 5. The molecule has 0 amide bonds. The van der Waals surface area contributed by atoms with Crippen molar-refractivity contribution in [3.63, 3.8) is 0 Å². The van der Waals surface area contributed by atoms with E-state index < -0.39 is 71.8 Å². The van der Waals surface area contributed by atoms with Gasteiger partial charge in [-0.1, -0.05) is 25.5 Å². The molecule has 0 aromatic rings. The molecule has 31 heavy (non-hydrogen) atoms. The molecule has 0 rings (SSSR count). The molecule has 0 aliphatic heterocycles. The molecule has 4 unspecified atom stereocenters. The highest BCUT2D eigenvalue weighted by atomic mass is 16.4. The third kappa shape index (κ3) is 9.63. The van der Waals surface area contributed by atoms with Crippen molar-refractivity contribution < 1.29 is 49.5 Å². The molecule has 0 aromatic carbocycles. The van der Waals surface area contributed by atoms with Crippen LogP contribution < -0.4 is 0 Å². The molecule has 0 bridgehead atoms. The molecule has 0 aliphatic carbocycles. The van der Waals surface area contributed by atoms with E-state index in [0.29, 0.717) is 12.0 Å². The Kier molecular flexibility index (Phi) is 10.9. The maximum absolute atomic E-state index is 12.2. The van der Waals surface area contributed by atoms with Crippen LogP contribution in [-0.4, -0.2) is 55.4 Å². The zero-order valence-electron chi connectivity index (χ0n) is 17.9. The molecule has 0 saturated heterocycles. The second-order valence-corrected chi connectivity index (χ2v) is 8.35. The van der Waals surface area contributed by atoms with E-state index in [2.05, 4.69) is 0 Å². The van der Waals surface area contributed by atoms with E-state index in [-0.39, 0.29) is 6.42 Å². The number of carbonyl (C=O) groups is 5. The van der Waals surface area contributed by atoms with Gasteiger partial charge in [-0.3, -0.25) is 24.0 Å². The molecule has 0 aromatic heterocycles. The largest absolute Gasteiger partial charge is 0.481 e. The zero-order chi connectivity index (χ0) is 24.5. The molecular formula is C21H30O10. The van der Waals surface area contributed by atoms with Crippen LogP contribution in [-0.2, 0) is 24.0 Å². The third-order valence-corrected chi connectivity index (χ3v) is 5.11. The molecule has 0 aliphatic rings. The van der Waals surface area contributed by atoms with Crippen LogP contribution in [0.1, 0.15) is 47.0 Å². The molecule has 5 N–H and O–H groups in total. The Morgan fingerprint density at radius 3 is 1.61 bits per heavy atom. The van der Waals surface area contributed by atoms with Crippen molar-refractivity contribution in [2.75, 3.05) is 0 Å². The summed E-state index contributed by atoms with van der Waals surface area (Å²) in [5.41, 5.74) is -0.592. The summed E-state index contributed by atoms with van der Waals surface area (Å²) in [6.45, 7) is 6.24. The Bertz CT molecular complexity index is 718. The summed E-state index contributed by atoms with van der Waals surface area (Å²) in [5.74, 6) is -12.3. The maximum Gasteiger partial charge on any atom is 0.310 e. The molecule has 0 saturated carbocycles. The van der Waals surface area contributed by atoms with E-state index in [1.807, 2.05) is 0 Å². The standard InChI is InChI=1S/C21H30O10/c1-11(2)9-12(18(26)27)10-14(20(30)31)17(21(3,4)8-7-16(24)25)13(19(28)29)5-6-15(22)23/h6-7,9,12-14,17H,5,8,10H2,1-4H3,(H,22,23)(H,24,25)(H,26,27)(H,28,29)(H,30,31). The topological polar surface area (TPSA) is 186 Å². The van der Waals surface area contributed by atoms with Crippen LogP contribution in [0, 0.1) is 41.9 Å². The predicted octanol–water partition coefficient (Wildman–Crippen LogP) is 2.45. The Labute approximate surface area is 180 Å². The van der Waals surface area contributed by atoms with Crippen LogP contribution in [0.2, 0.25) is 0 Å². The Morgan fingerprint density at radius 1 is 0.774 bits per heavy atom. The van der Waals surface area contributed by atoms with E-state index in [1.165, 1.54) is 19.9 Å². The summed E-state index contributed by atoms with van der Waals surface area (Å²) < 4.78 is 0. The van der Waals surface area contributed by atoms with Crippen LogP contribution in [0.4, 0.5) is 0 Å². The summed E-state index contributed by atoms with van der Waals surface area (Å²) in [5, 5.41) is 47.1. The number of aliphatic carboxylic acids is 5. The van der Waals surface area contributed by atoms with Gasteiger partial charge in [0.2, 0.25) is 0 Å². The summed E-state index contributed by atoms with van der Waals surface area (Å²) in [4.78, 5) is 57.8. The highest BCUT2D eigenvalue weighted by molar-refractivity contribution is 5.80. The fourth-order valence-corrected chi connectivity index (χ4v) is 3.80. The van der Waals surface area contributed by atoms with Gasteiger partial charge in [-0.15, -0.1) is 0 Å². The van der Waals surface area contributed by atoms with Crippen molar-refractivity contribution in [2.24, 2.45) is 29.1 Å². The van der Waals surface area contributed by atoms with Crippen LogP contribution in [0.15, 0.2) is 11.6 Å². The van der Waals surface area contributed by atoms with Crippen LogP contribution >= 0.6 is 0 Å². The minimum absolute atomic E-state index is 0.200. The Balaban J connectivity index is 6.45. The minimum Gasteiger partial charge on any atom is -0.481 e. The lowest BCUT2D eigenvalue weighted by atomic mass is 9.61. The summed E-state index contributed by atoms with van der Waals surface area (Å²) in [6, 6.07) is 0. The molecule has 4 atom stereocenters. The van der Waals surface area contributed by atoms with Crippen molar-refractivity contribution in [2.45, 2.75) is 47.0 Å². The lowest BCUT2D eigenvalue weighted by Gasteiger charge is -2.41. The van der Waals surface area contributed by atoms with Gasteiger partial charge >= 0.3 is 29.8 Å².